The molecule has 1 N–H and O–H groups in total. The van der Waals surface area contributed by atoms with Crippen molar-refractivity contribution in [2.75, 3.05) is 13.6 Å². The molecule has 0 aliphatic heterocycles. The molecule has 6 heteroatoms. The van der Waals surface area contributed by atoms with E-state index in [0.717, 1.165) is 25.7 Å². The molecule has 6 nitrogen and oxygen atoms in total. The van der Waals surface area contributed by atoms with Gasteiger partial charge in [0.25, 0.3) is 0 Å². The fraction of sp³-hybridized carbons (Fsp3) is 0.571. The van der Waals surface area contributed by atoms with Crippen molar-refractivity contribution in [2.24, 2.45) is 0 Å². The molecule has 20 heavy (non-hydrogen) atoms. The highest BCUT2D eigenvalue weighted by molar-refractivity contribution is 5.44. The fourth-order valence-corrected chi connectivity index (χ4v) is 2.81. The minimum absolute atomic E-state index is 0.456. The summed E-state index contributed by atoms with van der Waals surface area (Å²) >= 11 is 0. The van der Waals surface area contributed by atoms with E-state index in [0.29, 0.717) is 30.6 Å². The van der Waals surface area contributed by atoms with Gasteiger partial charge in [-0.15, -0.1) is 0 Å². The van der Waals surface area contributed by atoms with E-state index in [1.807, 2.05) is 11.9 Å². The number of likely N-dealkylation sites (N-methyl/N-ethyl adjacent to an activating group) is 1. The summed E-state index contributed by atoms with van der Waals surface area (Å²) in [5.41, 5.74) is -0.557. The van der Waals surface area contributed by atoms with E-state index < -0.39 is 5.60 Å². The summed E-state index contributed by atoms with van der Waals surface area (Å²) in [6.45, 7) is 1.15. The van der Waals surface area contributed by atoms with E-state index >= 15 is 0 Å². The molecule has 3 rings (SSSR count). The van der Waals surface area contributed by atoms with Gasteiger partial charge in [0, 0.05) is 6.54 Å². The first kappa shape index (κ1) is 13.3. The molecule has 2 aromatic heterocycles. The third-order valence-electron chi connectivity index (χ3n) is 3.71. The molecule has 1 fully saturated rings. The molecular formula is C14H19N3O3. The fourth-order valence-electron chi connectivity index (χ4n) is 2.81. The molecule has 2 aromatic rings. The molecular weight excluding hydrogens is 258 g/mol. The molecule has 0 spiro atoms. The molecule has 0 unspecified atom stereocenters. The highest BCUT2D eigenvalue weighted by Gasteiger charge is 2.32. The third-order valence-corrected chi connectivity index (χ3v) is 3.71. The van der Waals surface area contributed by atoms with Crippen LogP contribution in [-0.2, 0) is 6.54 Å². The molecule has 0 atom stereocenters. The van der Waals surface area contributed by atoms with E-state index in [-0.39, 0.29) is 0 Å². The maximum absolute atomic E-state index is 10.4. The van der Waals surface area contributed by atoms with Crippen molar-refractivity contribution in [3.05, 3.63) is 24.3 Å². The molecule has 1 saturated carbocycles. The Morgan fingerprint density at radius 1 is 1.40 bits per heavy atom. The number of furan rings is 1. The number of nitrogens with zero attached hydrogens (tertiary/aromatic N) is 3. The second-order valence-electron chi connectivity index (χ2n) is 5.59. The summed E-state index contributed by atoms with van der Waals surface area (Å²) in [6, 6.07) is 3.58. The lowest BCUT2D eigenvalue weighted by atomic mass is 10.0. The Bertz CT molecular complexity index is 544. The van der Waals surface area contributed by atoms with Gasteiger partial charge in [0.15, 0.2) is 5.76 Å². The Hall–Kier alpha value is -1.66. The molecule has 0 aromatic carbocycles. The predicted octanol–water partition coefficient (Wildman–Crippen LogP) is 2.07. The maximum atomic E-state index is 10.4. The average molecular weight is 277 g/mol. The van der Waals surface area contributed by atoms with Gasteiger partial charge in [0.1, 0.15) is 0 Å². The number of rotatable bonds is 5. The first-order chi connectivity index (χ1) is 9.65. The number of hydrogen-bond acceptors (Lipinski definition) is 6. The van der Waals surface area contributed by atoms with Crippen molar-refractivity contribution in [1.82, 2.24) is 15.0 Å². The van der Waals surface area contributed by atoms with Crippen LogP contribution in [0.4, 0.5) is 0 Å². The maximum Gasteiger partial charge on any atom is 0.241 e. The predicted molar refractivity (Wildman–Crippen MR) is 71.8 cm³/mol. The zero-order chi connectivity index (χ0) is 14.0. The number of aromatic nitrogens is 2. The van der Waals surface area contributed by atoms with Crippen molar-refractivity contribution in [1.29, 1.82) is 0 Å². The summed E-state index contributed by atoms with van der Waals surface area (Å²) < 4.78 is 10.4. The van der Waals surface area contributed by atoms with E-state index in [2.05, 4.69) is 10.1 Å². The van der Waals surface area contributed by atoms with E-state index in [1.54, 1.807) is 18.4 Å². The lowest BCUT2D eigenvalue weighted by Gasteiger charge is -2.27. The first-order valence-corrected chi connectivity index (χ1v) is 6.92. The summed E-state index contributed by atoms with van der Waals surface area (Å²) in [6.07, 6.45) is 5.53. The molecule has 0 amide bonds. The largest absolute Gasteiger partial charge is 0.461 e. The minimum atomic E-state index is -0.557. The summed E-state index contributed by atoms with van der Waals surface area (Å²) in [4.78, 5) is 6.31. The normalized spacial score (nSPS) is 17.9. The van der Waals surface area contributed by atoms with Crippen LogP contribution in [0.2, 0.25) is 0 Å². The summed E-state index contributed by atoms with van der Waals surface area (Å²) in [5, 5.41) is 14.3. The molecule has 2 heterocycles. The van der Waals surface area contributed by atoms with Crippen molar-refractivity contribution in [3.63, 3.8) is 0 Å². The highest BCUT2D eigenvalue weighted by atomic mass is 16.5. The average Bonchev–Trinajstić information content (AvgIpc) is 3.08. The monoisotopic (exact) mass is 277 g/mol. The zero-order valence-corrected chi connectivity index (χ0v) is 11.6. The van der Waals surface area contributed by atoms with Gasteiger partial charge in [-0.3, -0.25) is 4.90 Å². The lowest BCUT2D eigenvalue weighted by molar-refractivity contribution is 0.0124. The van der Waals surface area contributed by atoms with Gasteiger partial charge in [0.2, 0.25) is 11.7 Å². The van der Waals surface area contributed by atoms with Crippen molar-refractivity contribution >= 4 is 0 Å². The molecule has 1 aliphatic carbocycles. The van der Waals surface area contributed by atoms with Gasteiger partial charge in [-0.1, -0.05) is 18.0 Å². The lowest BCUT2D eigenvalue weighted by Crippen LogP contribution is -2.38. The van der Waals surface area contributed by atoms with Gasteiger partial charge in [-0.05, 0) is 32.0 Å². The number of hydrogen-bond donors (Lipinski definition) is 1. The van der Waals surface area contributed by atoms with Crippen LogP contribution in [0.25, 0.3) is 11.6 Å². The SMILES string of the molecule is CN(Cc1nc(-c2ccco2)no1)CC1(O)CCCC1. The van der Waals surface area contributed by atoms with Crippen LogP contribution in [-0.4, -0.2) is 39.3 Å². The number of aliphatic hydroxyl groups is 1. The van der Waals surface area contributed by atoms with Gasteiger partial charge in [0.05, 0.1) is 18.4 Å². The van der Waals surface area contributed by atoms with Crippen LogP contribution in [0.5, 0.6) is 0 Å². The van der Waals surface area contributed by atoms with Crippen molar-refractivity contribution in [2.45, 2.75) is 37.8 Å². The third kappa shape index (κ3) is 2.91. The van der Waals surface area contributed by atoms with E-state index in [4.69, 9.17) is 8.94 Å². The zero-order valence-electron chi connectivity index (χ0n) is 11.6. The van der Waals surface area contributed by atoms with Crippen LogP contribution in [0, 0.1) is 0 Å². The Morgan fingerprint density at radius 3 is 2.90 bits per heavy atom. The molecule has 0 bridgehead atoms. The Morgan fingerprint density at radius 2 is 2.20 bits per heavy atom. The van der Waals surface area contributed by atoms with E-state index in [1.165, 1.54) is 0 Å². The second kappa shape index (κ2) is 5.38. The molecule has 108 valence electrons. The Balaban J connectivity index is 1.60. The van der Waals surface area contributed by atoms with Gasteiger partial charge in [-0.2, -0.15) is 4.98 Å². The van der Waals surface area contributed by atoms with Gasteiger partial charge in [-0.25, -0.2) is 0 Å². The topological polar surface area (TPSA) is 75.5 Å². The van der Waals surface area contributed by atoms with Gasteiger partial charge >= 0.3 is 0 Å². The van der Waals surface area contributed by atoms with Crippen LogP contribution in [0.15, 0.2) is 27.3 Å². The quantitative estimate of drug-likeness (QED) is 0.901. The second-order valence-corrected chi connectivity index (χ2v) is 5.59. The van der Waals surface area contributed by atoms with Crippen LogP contribution in [0.1, 0.15) is 31.6 Å². The van der Waals surface area contributed by atoms with Crippen molar-refractivity contribution < 1.29 is 14.0 Å². The van der Waals surface area contributed by atoms with Crippen LogP contribution in [0.3, 0.4) is 0 Å². The standard InChI is InChI=1S/C14H19N3O3/c1-17(10-14(18)6-2-3-7-14)9-12-15-13(16-20-12)11-5-4-8-19-11/h4-5,8,18H,2-3,6-7,9-10H2,1H3. The smallest absolute Gasteiger partial charge is 0.241 e. The summed E-state index contributed by atoms with van der Waals surface area (Å²) in [7, 11) is 1.95. The minimum Gasteiger partial charge on any atom is -0.461 e. The molecule has 0 radical (unpaired) electrons. The van der Waals surface area contributed by atoms with Crippen LogP contribution >= 0.6 is 0 Å². The van der Waals surface area contributed by atoms with Gasteiger partial charge < -0.3 is 14.0 Å². The Labute approximate surface area is 117 Å². The highest BCUT2D eigenvalue weighted by Crippen LogP contribution is 2.30. The van der Waals surface area contributed by atoms with E-state index in [9.17, 15) is 5.11 Å². The first-order valence-electron chi connectivity index (χ1n) is 6.92. The summed E-state index contributed by atoms with van der Waals surface area (Å²) in [5.74, 6) is 1.58. The Kier molecular flexibility index (Phi) is 3.58. The van der Waals surface area contributed by atoms with Crippen LogP contribution < -0.4 is 0 Å². The molecule has 1 aliphatic rings. The van der Waals surface area contributed by atoms with Crippen molar-refractivity contribution in [3.8, 4) is 11.6 Å². The molecule has 0 saturated heterocycles.